The van der Waals surface area contributed by atoms with Crippen LogP contribution in [0.5, 0.6) is 0 Å². The second-order valence-corrected chi connectivity index (χ2v) is 5.74. The zero-order chi connectivity index (χ0) is 12.2. The molecule has 5 nitrogen and oxygen atoms in total. The molecular formula is C10H15NO4S. The second-order valence-electron chi connectivity index (χ2n) is 3.77. The minimum atomic E-state index is -3.63. The van der Waals surface area contributed by atoms with Crippen LogP contribution in [0, 0.1) is 18.3 Å². The lowest BCUT2D eigenvalue weighted by Crippen LogP contribution is -2.37. The monoisotopic (exact) mass is 245 g/mol. The van der Waals surface area contributed by atoms with Gasteiger partial charge in [-0.3, -0.25) is 4.79 Å². The average molecular weight is 245 g/mol. The summed E-state index contributed by atoms with van der Waals surface area (Å²) in [6.07, 6.45) is 7.16. The number of methoxy groups -OCH3 is 1. The molecule has 0 radical (unpaired) electrons. The van der Waals surface area contributed by atoms with Gasteiger partial charge in [0, 0.05) is 6.54 Å². The van der Waals surface area contributed by atoms with Gasteiger partial charge in [-0.1, -0.05) is 5.92 Å². The molecule has 0 unspecified atom stereocenters. The highest BCUT2D eigenvalue weighted by molar-refractivity contribution is 7.89. The highest BCUT2D eigenvalue weighted by Gasteiger charge is 2.31. The number of hydrogen-bond acceptors (Lipinski definition) is 4. The van der Waals surface area contributed by atoms with E-state index in [1.807, 2.05) is 0 Å². The molecule has 1 fully saturated rings. The Balaban J connectivity index is 2.66. The van der Waals surface area contributed by atoms with Crippen molar-refractivity contribution in [2.45, 2.75) is 12.8 Å². The van der Waals surface area contributed by atoms with E-state index in [9.17, 15) is 13.2 Å². The first-order valence-corrected chi connectivity index (χ1v) is 6.58. The highest BCUT2D eigenvalue weighted by atomic mass is 32.2. The van der Waals surface area contributed by atoms with Gasteiger partial charge < -0.3 is 4.74 Å². The molecule has 1 aliphatic carbocycles. The highest BCUT2D eigenvalue weighted by Crippen LogP contribution is 2.30. The van der Waals surface area contributed by atoms with Crippen LogP contribution in [0.25, 0.3) is 0 Å². The van der Waals surface area contributed by atoms with Crippen molar-refractivity contribution in [1.82, 2.24) is 4.31 Å². The van der Waals surface area contributed by atoms with Gasteiger partial charge in [-0.2, -0.15) is 4.31 Å². The van der Waals surface area contributed by atoms with Crippen LogP contribution in [0.4, 0.5) is 0 Å². The van der Waals surface area contributed by atoms with Gasteiger partial charge in [-0.05, 0) is 18.8 Å². The van der Waals surface area contributed by atoms with Gasteiger partial charge in [-0.15, -0.1) is 6.42 Å². The Kier molecular flexibility index (Phi) is 4.33. The molecule has 1 saturated carbocycles. The van der Waals surface area contributed by atoms with E-state index in [-0.39, 0.29) is 6.54 Å². The number of rotatable bonds is 6. The van der Waals surface area contributed by atoms with E-state index in [2.05, 4.69) is 10.7 Å². The lowest BCUT2D eigenvalue weighted by atomic mass is 10.4. The maximum atomic E-state index is 11.8. The number of carbonyl (C=O) groups is 1. The van der Waals surface area contributed by atoms with E-state index in [0.29, 0.717) is 12.5 Å². The van der Waals surface area contributed by atoms with Crippen LogP contribution >= 0.6 is 0 Å². The number of terminal acetylenes is 1. The van der Waals surface area contributed by atoms with Crippen LogP contribution in [-0.4, -0.2) is 44.6 Å². The van der Waals surface area contributed by atoms with Gasteiger partial charge in [0.1, 0.15) is 0 Å². The topological polar surface area (TPSA) is 63.7 Å². The molecule has 1 aliphatic rings. The van der Waals surface area contributed by atoms with Crippen molar-refractivity contribution in [3.05, 3.63) is 0 Å². The smallest absolute Gasteiger partial charge is 0.322 e. The number of hydrogen-bond donors (Lipinski definition) is 0. The zero-order valence-corrected chi connectivity index (χ0v) is 10.00. The van der Waals surface area contributed by atoms with Gasteiger partial charge in [0.2, 0.25) is 10.0 Å². The van der Waals surface area contributed by atoms with E-state index in [0.717, 1.165) is 20.0 Å². The predicted molar refractivity (Wildman–Crippen MR) is 58.9 cm³/mol. The summed E-state index contributed by atoms with van der Waals surface area (Å²) in [5, 5.41) is 0. The summed E-state index contributed by atoms with van der Waals surface area (Å²) in [5.41, 5.74) is 0. The van der Waals surface area contributed by atoms with Gasteiger partial charge in [-0.25, -0.2) is 8.42 Å². The van der Waals surface area contributed by atoms with Gasteiger partial charge in [0.05, 0.1) is 13.7 Å². The van der Waals surface area contributed by atoms with Crippen LogP contribution in [-0.2, 0) is 19.6 Å². The molecule has 0 atom stereocenters. The lowest BCUT2D eigenvalue weighted by Gasteiger charge is -2.18. The van der Waals surface area contributed by atoms with Crippen LogP contribution in [0.3, 0.4) is 0 Å². The van der Waals surface area contributed by atoms with E-state index in [1.165, 1.54) is 4.31 Å². The maximum absolute atomic E-state index is 11.8. The number of nitrogens with zero attached hydrogens (tertiary/aromatic N) is 1. The Morgan fingerprint density at radius 1 is 1.56 bits per heavy atom. The maximum Gasteiger partial charge on any atom is 0.322 e. The molecule has 0 saturated heterocycles. The first kappa shape index (κ1) is 13.0. The SMILES string of the molecule is C#CCN(CC1CC1)S(=O)(=O)CC(=O)OC. The molecule has 0 aromatic carbocycles. The van der Waals surface area contributed by atoms with E-state index in [1.54, 1.807) is 0 Å². The summed E-state index contributed by atoms with van der Waals surface area (Å²) < 4.78 is 29.1. The van der Waals surface area contributed by atoms with Gasteiger partial charge in [0.15, 0.2) is 5.75 Å². The fourth-order valence-corrected chi connectivity index (χ4v) is 2.57. The summed E-state index contributed by atoms with van der Waals surface area (Å²) in [5.74, 6) is 1.28. The van der Waals surface area contributed by atoms with Crippen molar-refractivity contribution in [2.75, 3.05) is 26.0 Å². The summed E-state index contributed by atoms with van der Waals surface area (Å²) in [6.45, 7) is 0.416. The fourth-order valence-electron chi connectivity index (χ4n) is 1.27. The third-order valence-electron chi connectivity index (χ3n) is 2.35. The van der Waals surface area contributed by atoms with Crippen LogP contribution < -0.4 is 0 Å². The number of esters is 1. The summed E-state index contributed by atoms with van der Waals surface area (Å²) in [4.78, 5) is 11.0. The summed E-state index contributed by atoms with van der Waals surface area (Å²) >= 11 is 0. The van der Waals surface area contributed by atoms with Crippen LogP contribution in [0.2, 0.25) is 0 Å². The minimum Gasteiger partial charge on any atom is -0.468 e. The summed E-state index contributed by atoms with van der Waals surface area (Å²) in [7, 11) is -2.48. The molecule has 0 aliphatic heterocycles. The zero-order valence-electron chi connectivity index (χ0n) is 9.18. The standard InChI is InChI=1S/C10H15NO4S/c1-3-6-11(7-9-4-5-9)16(13,14)8-10(12)15-2/h1,9H,4-8H2,2H3. The Labute approximate surface area is 95.8 Å². The van der Waals surface area contributed by atoms with Crippen molar-refractivity contribution in [1.29, 1.82) is 0 Å². The molecule has 6 heteroatoms. The molecule has 0 spiro atoms. The first-order valence-electron chi connectivity index (χ1n) is 4.97. The normalized spacial score (nSPS) is 15.8. The average Bonchev–Trinajstić information content (AvgIpc) is 3.00. The minimum absolute atomic E-state index is 0.00975. The molecule has 0 aromatic heterocycles. The van der Waals surface area contributed by atoms with E-state index < -0.39 is 21.7 Å². The fraction of sp³-hybridized carbons (Fsp3) is 0.700. The van der Waals surface area contributed by atoms with E-state index in [4.69, 9.17) is 6.42 Å². The molecule has 0 aromatic rings. The van der Waals surface area contributed by atoms with E-state index >= 15 is 0 Å². The van der Waals surface area contributed by atoms with Crippen molar-refractivity contribution < 1.29 is 17.9 Å². The second kappa shape index (κ2) is 5.32. The lowest BCUT2D eigenvalue weighted by molar-refractivity contribution is -0.137. The first-order chi connectivity index (χ1) is 7.49. The largest absolute Gasteiger partial charge is 0.468 e. The molecule has 90 valence electrons. The summed E-state index contributed by atoms with van der Waals surface area (Å²) in [6, 6.07) is 0. The Morgan fingerprint density at radius 3 is 2.62 bits per heavy atom. The van der Waals surface area contributed by atoms with Crippen molar-refractivity contribution >= 4 is 16.0 Å². The molecule has 1 rings (SSSR count). The molecule has 0 heterocycles. The van der Waals surface area contributed by atoms with Crippen molar-refractivity contribution in [3.8, 4) is 12.3 Å². The predicted octanol–water partition coefficient (Wildman–Crippen LogP) is -0.166. The van der Waals surface area contributed by atoms with Crippen LogP contribution in [0.1, 0.15) is 12.8 Å². The number of carbonyl (C=O) groups excluding carboxylic acids is 1. The third kappa shape index (κ3) is 3.83. The molecule has 0 N–H and O–H groups in total. The van der Waals surface area contributed by atoms with Gasteiger partial charge in [0.25, 0.3) is 0 Å². The quantitative estimate of drug-likeness (QED) is 0.481. The molecule has 16 heavy (non-hydrogen) atoms. The van der Waals surface area contributed by atoms with Gasteiger partial charge >= 0.3 is 5.97 Å². The van der Waals surface area contributed by atoms with Crippen LogP contribution in [0.15, 0.2) is 0 Å². The number of ether oxygens (including phenoxy) is 1. The number of sulfonamides is 1. The Bertz CT molecular complexity index is 392. The Hall–Kier alpha value is -1.06. The van der Waals surface area contributed by atoms with Crippen molar-refractivity contribution in [2.24, 2.45) is 5.92 Å². The molecular weight excluding hydrogens is 230 g/mol. The molecule has 0 bridgehead atoms. The third-order valence-corrected chi connectivity index (χ3v) is 4.01. The van der Waals surface area contributed by atoms with Crippen molar-refractivity contribution in [3.63, 3.8) is 0 Å². The molecule has 0 amide bonds. The Morgan fingerprint density at radius 2 is 2.19 bits per heavy atom.